The van der Waals surface area contributed by atoms with E-state index in [1.165, 1.54) is 28.8 Å². The molecule has 6 nitrogen and oxygen atoms in total. The molecular weight excluding hydrogens is 397 g/mol. The largest absolute Gasteiger partial charge is 0.336 e. The molecule has 0 aliphatic carbocycles. The summed E-state index contributed by atoms with van der Waals surface area (Å²) in [7, 11) is 0. The van der Waals surface area contributed by atoms with Gasteiger partial charge in [-0.3, -0.25) is 14.2 Å². The molecule has 0 saturated heterocycles. The molecule has 0 bridgehead atoms. The van der Waals surface area contributed by atoms with Crippen LogP contribution in [0.1, 0.15) is 11.1 Å². The first kappa shape index (κ1) is 20.3. The number of rotatable bonds is 4. The number of nitrogens with zero attached hydrogens (tertiary/aromatic N) is 2. The van der Waals surface area contributed by atoms with Gasteiger partial charge in [-0.05, 0) is 73.5 Å². The fourth-order valence-corrected chi connectivity index (χ4v) is 3.44. The van der Waals surface area contributed by atoms with E-state index in [0.717, 1.165) is 15.7 Å². The molecule has 1 N–H and O–H groups in total. The first-order valence-electron chi connectivity index (χ1n) is 9.73. The average Bonchev–Trinajstić information content (AvgIpc) is 2.75. The monoisotopic (exact) mass is 417 g/mol. The predicted octanol–water partition coefficient (Wildman–Crippen LogP) is 3.55. The van der Waals surface area contributed by atoms with E-state index in [2.05, 4.69) is 5.32 Å². The maximum Gasteiger partial charge on any atom is 0.336 e. The smallest absolute Gasteiger partial charge is 0.325 e. The molecule has 0 radical (unpaired) electrons. The average molecular weight is 417 g/mol. The molecule has 0 fully saturated rings. The molecule has 3 aromatic carbocycles. The standard InChI is InChI=1S/C24H20FN3O3/c1-15-7-12-19(13-16(15)2)28-23(30)20-5-3-4-6-21(20)27(24(28)31)14-22(29)26-18-10-8-17(25)9-11-18/h3-13H,14H2,1-2H3,(H,26,29). The van der Waals surface area contributed by atoms with Gasteiger partial charge >= 0.3 is 5.69 Å². The Hall–Kier alpha value is -4.00. The molecule has 31 heavy (non-hydrogen) atoms. The van der Waals surface area contributed by atoms with Crippen molar-refractivity contribution in [2.75, 3.05) is 5.32 Å². The van der Waals surface area contributed by atoms with Crippen LogP contribution >= 0.6 is 0 Å². The van der Waals surface area contributed by atoms with Crippen LogP contribution in [-0.4, -0.2) is 15.0 Å². The highest BCUT2D eigenvalue weighted by Gasteiger charge is 2.17. The van der Waals surface area contributed by atoms with Crippen LogP contribution in [-0.2, 0) is 11.3 Å². The summed E-state index contributed by atoms with van der Waals surface area (Å²) < 4.78 is 15.5. The second-order valence-corrected chi connectivity index (χ2v) is 7.35. The Morgan fingerprint density at radius 1 is 0.935 bits per heavy atom. The number of amides is 1. The zero-order valence-electron chi connectivity index (χ0n) is 17.1. The molecule has 7 heteroatoms. The number of para-hydroxylation sites is 1. The summed E-state index contributed by atoms with van der Waals surface area (Å²) in [5, 5.41) is 2.98. The van der Waals surface area contributed by atoms with Gasteiger partial charge in [0.2, 0.25) is 5.91 Å². The highest BCUT2D eigenvalue weighted by Crippen LogP contribution is 2.14. The molecule has 0 saturated carbocycles. The number of carbonyl (C=O) groups is 1. The third kappa shape index (κ3) is 3.90. The number of nitrogens with one attached hydrogen (secondary N) is 1. The minimum Gasteiger partial charge on any atom is -0.325 e. The van der Waals surface area contributed by atoms with Crippen LogP contribution in [0.2, 0.25) is 0 Å². The van der Waals surface area contributed by atoms with Crippen LogP contribution in [0, 0.1) is 19.7 Å². The lowest BCUT2D eigenvalue weighted by Gasteiger charge is -2.15. The summed E-state index contributed by atoms with van der Waals surface area (Å²) in [5.41, 5.74) is 2.14. The van der Waals surface area contributed by atoms with Gasteiger partial charge in [-0.25, -0.2) is 13.8 Å². The molecular formula is C24H20FN3O3. The van der Waals surface area contributed by atoms with Crippen LogP contribution in [0.15, 0.2) is 76.3 Å². The van der Waals surface area contributed by atoms with Crippen molar-refractivity contribution in [1.29, 1.82) is 0 Å². The normalized spacial score (nSPS) is 10.9. The maximum absolute atomic E-state index is 13.3. The molecule has 4 rings (SSSR count). The number of hydrogen-bond acceptors (Lipinski definition) is 3. The number of halogens is 1. The van der Waals surface area contributed by atoms with Crippen molar-refractivity contribution < 1.29 is 9.18 Å². The number of anilines is 1. The Morgan fingerprint density at radius 3 is 2.35 bits per heavy atom. The number of aromatic nitrogens is 2. The minimum absolute atomic E-state index is 0.304. The molecule has 0 aliphatic rings. The molecule has 0 unspecified atom stereocenters. The summed E-state index contributed by atoms with van der Waals surface area (Å²) in [5.74, 6) is -0.884. The predicted molar refractivity (Wildman–Crippen MR) is 118 cm³/mol. The maximum atomic E-state index is 13.3. The van der Waals surface area contributed by atoms with Crippen molar-refractivity contribution in [3.05, 3.63) is 105 Å². The summed E-state index contributed by atoms with van der Waals surface area (Å²) >= 11 is 0. The van der Waals surface area contributed by atoms with E-state index >= 15 is 0 Å². The molecule has 0 atom stereocenters. The molecule has 4 aromatic rings. The third-order valence-electron chi connectivity index (χ3n) is 5.23. The Balaban J connectivity index is 1.83. The third-order valence-corrected chi connectivity index (χ3v) is 5.23. The van der Waals surface area contributed by atoms with Gasteiger partial charge in [-0.1, -0.05) is 18.2 Å². The molecule has 0 aliphatic heterocycles. The van der Waals surface area contributed by atoms with E-state index in [1.54, 1.807) is 36.4 Å². The van der Waals surface area contributed by atoms with Gasteiger partial charge < -0.3 is 5.32 Å². The SMILES string of the molecule is Cc1ccc(-n2c(=O)c3ccccc3n(CC(=O)Nc3ccc(F)cc3)c2=O)cc1C. The van der Waals surface area contributed by atoms with E-state index in [9.17, 15) is 18.8 Å². The van der Waals surface area contributed by atoms with Gasteiger partial charge in [0.05, 0.1) is 16.6 Å². The summed E-state index contributed by atoms with van der Waals surface area (Å²) in [6.07, 6.45) is 0. The Morgan fingerprint density at radius 2 is 1.65 bits per heavy atom. The lowest BCUT2D eigenvalue weighted by molar-refractivity contribution is -0.116. The lowest BCUT2D eigenvalue weighted by Crippen LogP contribution is -2.40. The van der Waals surface area contributed by atoms with Crippen molar-refractivity contribution in [2.24, 2.45) is 0 Å². The van der Waals surface area contributed by atoms with Crippen LogP contribution in [0.4, 0.5) is 10.1 Å². The second kappa shape index (κ2) is 8.02. The first-order chi connectivity index (χ1) is 14.8. The minimum atomic E-state index is -0.610. The van der Waals surface area contributed by atoms with Gasteiger partial charge in [0.15, 0.2) is 0 Å². The van der Waals surface area contributed by atoms with Gasteiger partial charge in [-0.2, -0.15) is 0 Å². The first-order valence-corrected chi connectivity index (χ1v) is 9.73. The van der Waals surface area contributed by atoms with E-state index in [-0.39, 0.29) is 6.54 Å². The van der Waals surface area contributed by atoms with E-state index in [0.29, 0.717) is 22.3 Å². The van der Waals surface area contributed by atoms with Crippen LogP contribution in [0.3, 0.4) is 0 Å². The van der Waals surface area contributed by atoms with Crippen molar-refractivity contribution in [1.82, 2.24) is 9.13 Å². The lowest BCUT2D eigenvalue weighted by atomic mass is 10.1. The van der Waals surface area contributed by atoms with Crippen molar-refractivity contribution in [3.63, 3.8) is 0 Å². The molecule has 1 amide bonds. The van der Waals surface area contributed by atoms with Crippen LogP contribution in [0.5, 0.6) is 0 Å². The fraction of sp³-hybridized carbons (Fsp3) is 0.125. The zero-order chi connectivity index (χ0) is 22.1. The molecule has 1 heterocycles. The zero-order valence-corrected chi connectivity index (χ0v) is 17.1. The summed E-state index contributed by atoms with van der Waals surface area (Å²) in [6.45, 7) is 3.54. The number of aryl methyl sites for hydroxylation is 2. The summed E-state index contributed by atoms with van der Waals surface area (Å²) in [4.78, 5) is 39.1. The number of benzene rings is 3. The van der Waals surface area contributed by atoms with Crippen LogP contribution in [0.25, 0.3) is 16.6 Å². The van der Waals surface area contributed by atoms with Gasteiger partial charge in [0.1, 0.15) is 12.4 Å². The number of fused-ring (bicyclic) bond motifs is 1. The fourth-order valence-electron chi connectivity index (χ4n) is 3.44. The Bertz CT molecular complexity index is 1420. The van der Waals surface area contributed by atoms with Gasteiger partial charge in [-0.15, -0.1) is 0 Å². The van der Waals surface area contributed by atoms with Crippen molar-refractivity contribution in [2.45, 2.75) is 20.4 Å². The summed E-state index contributed by atoms with van der Waals surface area (Å²) in [6, 6.07) is 17.3. The Kier molecular flexibility index (Phi) is 5.25. The number of carbonyl (C=O) groups excluding carboxylic acids is 1. The quantitative estimate of drug-likeness (QED) is 0.552. The highest BCUT2D eigenvalue weighted by molar-refractivity contribution is 5.91. The molecule has 0 spiro atoms. The topological polar surface area (TPSA) is 73.1 Å². The van der Waals surface area contributed by atoms with Gasteiger partial charge in [0, 0.05) is 5.69 Å². The highest BCUT2D eigenvalue weighted by atomic mass is 19.1. The van der Waals surface area contributed by atoms with E-state index in [1.807, 2.05) is 19.9 Å². The van der Waals surface area contributed by atoms with Crippen molar-refractivity contribution >= 4 is 22.5 Å². The van der Waals surface area contributed by atoms with Crippen molar-refractivity contribution in [3.8, 4) is 5.69 Å². The second-order valence-electron chi connectivity index (χ2n) is 7.35. The Labute approximate surface area is 177 Å². The van der Waals surface area contributed by atoms with Crippen LogP contribution < -0.4 is 16.6 Å². The number of hydrogen-bond donors (Lipinski definition) is 1. The van der Waals surface area contributed by atoms with E-state index < -0.39 is 23.0 Å². The van der Waals surface area contributed by atoms with Gasteiger partial charge in [0.25, 0.3) is 5.56 Å². The van der Waals surface area contributed by atoms with E-state index in [4.69, 9.17) is 0 Å². The molecule has 1 aromatic heterocycles. The molecule has 156 valence electrons.